The number of Topliss-reactive ketones (excluding diaryl/α,β-unsaturated/α-hetero) is 1. The molecule has 4 nitrogen and oxygen atoms in total. The lowest BCUT2D eigenvalue weighted by Gasteiger charge is -2.05. The molecule has 1 aromatic heterocycles. The molecule has 20 heavy (non-hydrogen) atoms. The third-order valence-corrected chi connectivity index (χ3v) is 3.31. The van der Waals surface area contributed by atoms with Gasteiger partial charge in [-0.1, -0.05) is 44.2 Å². The Morgan fingerprint density at radius 2 is 2.00 bits per heavy atom. The second-order valence-electron chi connectivity index (χ2n) is 4.73. The largest absolute Gasteiger partial charge is 0.345 e. The highest BCUT2D eigenvalue weighted by Gasteiger charge is 2.11. The molecule has 5 heteroatoms. The van der Waals surface area contributed by atoms with Gasteiger partial charge in [-0.2, -0.15) is 0 Å². The Kier molecular flexibility index (Phi) is 7.88. The van der Waals surface area contributed by atoms with Gasteiger partial charge in [0.2, 0.25) is 0 Å². The van der Waals surface area contributed by atoms with E-state index >= 15 is 0 Å². The first-order valence-electron chi connectivity index (χ1n) is 7.05. The van der Waals surface area contributed by atoms with Crippen molar-refractivity contribution in [2.45, 2.75) is 45.4 Å². The number of ketones is 1. The van der Waals surface area contributed by atoms with Crippen molar-refractivity contribution in [3.8, 4) is 0 Å². The number of rotatable bonds is 9. The molecule has 0 unspecified atom stereocenters. The number of aromatic nitrogens is 1. The van der Waals surface area contributed by atoms with Crippen LogP contribution < -0.4 is 5.32 Å². The predicted octanol–water partition coefficient (Wildman–Crippen LogP) is 3.39. The molecule has 0 aromatic carbocycles. The molecule has 0 saturated carbocycles. The summed E-state index contributed by atoms with van der Waals surface area (Å²) >= 11 is 5.81. The highest BCUT2D eigenvalue weighted by molar-refractivity contribution is 6.32. The molecule has 110 valence electrons. The van der Waals surface area contributed by atoms with Gasteiger partial charge in [-0.05, 0) is 18.6 Å². The first-order chi connectivity index (χ1) is 9.65. The van der Waals surface area contributed by atoms with Crippen LogP contribution in [0.2, 0.25) is 5.15 Å². The molecule has 0 aliphatic rings. The Labute approximate surface area is 124 Å². The number of hydrogen-bond acceptors (Lipinski definition) is 3. The van der Waals surface area contributed by atoms with Gasteiger partial charge < -0.3 is 5.32 Å². The number of nitrogens with one attached hydrogen (secondary N) is 1. The maximum absolute atomic E-state index is 11.8. The summed E-state index contributed by atoms with van der Waals surface area (Å²) in [5.74, 6) is -0.308. The fourth-order valence-electron chi connectivity index (χ4n) is 1.84. The fourth-order valence-corrected chi connectivity index (χ4v) is 2.05. The van der Waals surface area contributed by atoms with Crippen molar-refractivity contribution < 1.29 is 9.59 Å². The molecule has 0 fully saturated rings. The summed E-state index contributed by atoms with van der Waals surface area (Å²) in [6.07, 6.45) is 7.57. The second kappa shape index (κ2) is 9.48. The van der Waals surface area contributed by atoms with E-state index in [1.54, 1.807) is 12.1 Å². The SMILES string of the molecule is CCCCCCCC(=O)CNC(=O)c1cccnc1Cl. The minimum absolute atomic E-state index is 0.0508. The van der Waals surface area contributed by atoms with Crippen molar-refractivity contribution in [1.29, 1.82) is 0 Å². The van der Waals surface area contributed by atoms with Crippen LogP contribution in [0, 0.1) is 0 Å². The van der Waals surface area contributed by atoms with Crippen LogP contribution in [0.4, 0.5) is 0 Å². The van der Waals surface area contributed by atoms with Gasteiger partial charge >= 0.3 is 0 Å². The van der Waals surface area contributed by atoms with Crippen molar-refractivity contribution in [3.05, 3.63) is 29.0 Å². The van der Waals surface area contributed by atoms with E-state index in [0.29, 0.717) is 12.0 Å². The van der Waals surface area contributed by atoms with Crippen LogP contribution in [0.5, 0.6) is 0 Å². The molecule has 1 amide bonds. The zero-order valence-corrected chi connectivity index (χ0v) is 12.6. The Bertz CT molecular complexity index is 449. The fraction of sp³-hybridized carbons (Fsp3) is 0.533. The molecule has 0 aliphatic carbocycles. The van der Waals surface area contributed by atoms with E-state index in [1.807, 2.05) is 0 Å². The maximum atomic E-state index is 11.8. The van der Waals surface area contributed by atoms with Gasteiger partial charge in [-0.3, -0.25) is 9.59 Å². The average Bonchev–Trinajstić information content (AvgIpc) is 2.45. The third kappa shape index (κ3) is 6.15. The van der Waals surface area contributed by atoms with Crippen molar-refractivity contribution in [1.82, 2.24) is 10.3 Å². The molecule has 0 aliphatic heterocycles. The van der Waals surface area contributed by atoms with E-state index in [0.717, 1.165) is 12.8 Å². The number of nitrogens with zero attached hydrogens (tertiary/aromatic N) is 1. The number of amides is 1. The van der Waals surface area contributed by atoms with Gasteiger partial charge in [-0.15, -0.1) is 0 Å². The summed E-state index contributed by atoms with van der Waals surface area (Å²) in [5, 5.41) is 2.73. The Morgan fingerprint density at radius 3 is 2.70 bits per heavy atom. The zero-order chi connectivity index (χ0) is 14.8. The quantitative estimate of drug-likeness (QED) is 0.561. The zero-order valence-electron chi connectivity index (χ0n) is 11.8. The van der Waals surface area contributed by atoms with Gasteiger partial charge in [0, 0.05) is 12.6 Å². The standard InChI is InChI=1S/C15H21ClN2O2/c1-2-3-4-5-6-8-12(19)11-18-15(20)13-9-7-10-17-14(13)16/h7,9-10H,2-6,8,11H2,1H3,(H,18,20). The number of carbonyl (C=O) groups is 2. The van der Waals surface area contributed by atoms with E-state index in [4.69, 9.17) is 11.6 Å². The molecule has 1 rings (SSSR count). The van der Waals surface area contributed by atoms with Gasteiger partial charge in [0.25, 0.3) is 5.91 Å². The number of pyridine rings is 1. The highest BCUT2D eigenvalue weighted by atomic mass is 35.5. The van der Waals surface area contributed by atoms with E-state index < -0.39 is 0 Å². The molecule has 1 aromatic rings. The van der Waals surface area contributed by atoms with Crippen molar-refractivity contribution in [2.24, 2.45) is 0 Å². The van der Waals surface area contributed by atoms with Gasteiger partial charge in [-0.25, -0.2) is 4.98 Å². The number of hydrogen-bond donors (Lipinski definition) is 1. The van der Waals surface area contributed by atoms with Crippen LogP contribution in [-0.4, -0.2) is 23.2 Å². The summed E-state index contributed by atoms with van der Waals surface area (Å²) in [6, 6.07) is 3.22. The minimum Gasteiger partial charge on any atom is -0.345 e. The smallest absolute Gasteiger partial charge is 0.254 e. The summed E-state index contributed by atoms with van der Waals surface area (Å²) in [4.78, 5) is 27.3. The Balaban J connectivity index is 2.24. The van der Waals surface area contributed by atoms with E-state index in [2.05, 4.69) is 17.2 Å². The van der Waals surface area contributed by atoms with Crippen LogP contribution in [0.1, 0.15) is 55.8 Å². The van der Waals surface area contributed by atoms with Crippen molar-refractivity contribution in [2.75, 3.05) is 6.54 Å². The molecule has 0 spiro atoms. The van der Waals surface area contributed by atoms with E-state index in [1.165, 1.54) is 25.5 Å². The molecule has 0 atom stereocenters. The topological polar surface area (TPSA) is 59.1 Å². The monoisotopic (exact) mass is 296 g/mol. The summed E-state index contributed by atoms with van der Waals surface area (Å²) in [7, 11) is 0. The summed E-state index contributed by atoms with van der Waals surface area (Å²) in [6.45, 7) is 2.21. The van der Waals surface area contributed by atoms with E-state index in [9.17, 15) is 9.59 Å². The van der Waals surface area contributed by atoms with Crippen LogP contribution >= 0.6 is 11.6 Å². The van der Waals surface area contributed by atoms with Crippen molar-refractivity contribution in [3.63, 3.8) is 0 Å². The first kappa shape index (κ1) is 16.6. The molecule has 1 heterocycles. The normalized spacial score (nSPS) is 10.3. The maximum Gasteiger partial charge on any atom is 0.254 e. The first-order valence-corrected chi connectivity index (χ1v) is 7.43. The number of carbonyl (C=O) groups excluding carboxylic acids is 2. The van der Waals surface area contributed by atoms with Gasteiger partial charge in [0.15, 0.2) is 5.78 Å². The van der Waals surface area contributed by atoms with E-state index in [-0.39, 0.29) is 23.4 Å². The third-order valence-electron chi connectivity index (χ3n) is 3.01. The lowest BCUT2D eigenvalue weighted by molar-refractivity contribution is -0.118. The van der Waals surface area contributed by atoms with Crippen LogP contribution in [0.15, 0.2) is 18.3 Å². The minimum atomic E-state index is -0.359. The number of halogens is 1. The molecular weight excluding hydrogens is 276 g/mol. The number of unbranched alkanes of at least 4 members (excludes halogenated alkanes) is 4. The van der Waals surface area contributed by atoms with Crippen LogP contribution in [-0.2, 0) is 4.79 Å². The summed E-state index contributed by atoms with van der Waals surface area (Å²) in [5.41, 5.74) is 0.296. The lowest BCUT2D eigenvalue weighted by atomic mass is 10.1. The molecule has 0 saturated heterocycles. The highest BCUT2D eigenvalue weighted by Crippen LogP contribution is 2.11. The van der Waals surface area contributed by atoms with Gasteiger partial charge in [0.05, 0.1) is 12.1 Å². The molecular formula is C15H21ClN2O2. The Hall–Kier alpha value is -1.42. The molecule has 0 radical (unpaired) electrons. The van der Waals surface area contributed by atoms with Crippen LogP contribution in [0.25, 0.3) is 0 Å². The lowest BCUT2D eigenvalue weighted by Crippen LogP contribution is -2.29. The van der Waals surface area contributed by atoms with Crippen LogP contribution in [0.3, 0.4) is 0 Å². The predicted molar refractivity (Wildman–Crippen MR) is 80.0 cm³/mol. The average molecular weight is 297 g/mol. The molecule has 0 bridgehead atoms. The Morgan fingerprint density at radius 1 is 1.25 bits per heavy atom. The summed E-state index contributed by atoms with van der Waals surface area (Å²) < 4.78 is 0. The second-order valence-corrected chi connectivity index (χ2v) is 5.09. The van der Waals surface area contributed by atoms with Crippen molar-refractivity contribution >= 4 is 23.3 Å². The van der Waals surface area contributed by atoms with Gasteiger partial charge in [0.1, 0.15) is 5.15 Å². The molecule has 1 N–H and O–H groups in total.